The van der Waals surface area contributed by atoms with Crippen LogP contribution in [-0.2, 0) is 9.53 Å². The fourth-order valence-electron chi connectivity index (χ4n) is 0.725. The number of nitrogens with two attached hydrogens (primary N) is 1. The van der Waals surface area contributed by atoms with Gasteiger partial charge in [0.05, 0.1) is 6.61 Å². The van der Waals surface area contributed by atoms with E-state index in [2.05, 4.69) is 0 Å². The third-order valence-corrected chi connectivity index (χ3v) is 1.74. The van der Waals surface area contributed by atoms with Gasteiger partial charge in [-0.2, -0.15) is 0 Å². The van der Waals surface area contributed by atoms with Gasteiger partial charge in [-0.1, -0.05) is 13.8 Å². The quantitative estimate of drug-likeness (QED) is 0.613. The van der Waals surface area contributed by atoms with Crippen molar-refractivity contribution in [3.8, 4) is 0 Å². The summed E-state index contributed by atoms with van der Waals surface area (Å²) in [6.45, 7) is 4.49. The molecule has 1 aliphatic carbocycles. The molecule has 0 bridgehead atoms. The van der Waals surface area contributed by atoms with E-state index >= 15 is 0 Å². The molecule has 0 atom stereocenters. The molecule has 0 aliphatic heterocycles. The molecular formula is C8H15NO2. The number of carbonyl (C=O) groups is 1. The van der Waals surface area contributed by atoms with Crippen LogP contribution >= 0.6 is 0 Å². The SMILES string of the molecule is CC(C)COC(=O)C1(N)CC1. The van der Waals surface area contributed by atoms with Crippen molar-refractivity contribution in [3.05, 3.63) is 0 Å². The van der Waals surface area contributed by atoms with Crippen LogP contribution in [-0.4, -0.2) is 18.1 Å². The second-order valence-electron chi connectivity index (χ2n) is 3.65. The molecule has 1 rings (SSSR count). The lowest BCUT2D eigenvalue weighted by molar-refractivity contribution is -0.147. The van der Waals surface area contributed by atoms with Gasteiger partial charge in [0.1, 0.15) is 5.54 Å². The fraction of sp³-hybridized carbons (Fsp3) is 0.875. The summed E-state index contributed by atoms with van der Waals surface area (Å²) < 4.78 is 4.97. The minimum Gasteiger partial charge on any atom is -0.464 e. The molecule has 0 spiro atoms. The van der Waals surface area contributed by atoms with Gasteiger partial charge in [-0.05, 0) is 18.8 Å². The Morgan fingerprint density at radius 1 is 1.64 bits per heavy atom. The highest BCUT2D eigenvalue weighted by atomic mass is 16.5. The minimum atomic E-state index is -0.616. The predicted molar refractivity (Wildman–Crippen MR) is 41.9 cm³/mol. The first-order valence-electron chi connectivity index (χ1n) is 4.01. The molecular weight excluding hydrogens is 142 g/mol. The fourth-order valence-corrected chi connectivity index (χ4v) is 0.725. The maximum atomic E-state index is 11.1. The van der Waals surface area contributed by atoms with Crippen LogP contribution in [0.15, 0.2) is 0 Å². The van der Waals surface area contributed by atoms with E-state index in [-0.39, 0.29) is 5.97 Å². The molecule has 0 radical (unpaired) electrons. The van der Waals surface area contributed by atoms with Crippen molar-refractivity contribution in [2.45, 2.75) is 32.2 Å². The van der Waals surface area contributed by atoms with E-state index in [0.29, 0.717) is 12.5 Å². The third kappa shape index (κ3) is 2.19. The number of hydrogen-bond donors (Lipinski definition) is 1. The first-order valence-corrected chi connectivity index (χ1v) is 4.01. The monoisotopic (exact) mass is 157 g/mol. The summed E-state index contributed by atoms with van der Waals surface area (Å²) in [6.07, 6.45) is 1.56. The lowest BCUT2D eigenvalue weighted by Gasteiger charge is -2.10. The van der Waals surface area contributed by atoms with Gasteiger partial charge < -0.3 is 10.5 Å². The lowest BCUT2D eigenvalue weighted by Crippen LogP contribution is -2.35. The first kappa shape index (κ1) is 8.53. The van der Waals surface area contributed by atoms with Crippen LogP contribution in [0.3, 0.4) is 0 Å². The van der Waals surface area contributed by atoms with E-state index < -0.39 is 5.54 Å². The second-order valence-corrected chi connectivity index (χ2v) is 3.65. The Bertz CT molecular complexity index is 161. The average molecular weight is 157 g/mol. The van der Waals surface area contributed by atoms with Crippen molar-refractivity contribution in [1.29, 1.82) is 0 Å². The molecule has 0 aromatic rings. The van der Waals surface area contributed by atoms with Crippen molar-refractivity contribution in [3.63, 3.8) is 0 Å². The maximum Gasteiger partial charge on any atom is 0.326 e. The van der Waals surface area contributed by atoms with Gasteiger partial charge in [0, 0.05) is 0 Å². The molecule has 1 fully saturated rings. The van der Waals surface area contributed by atoms with Crippen LogP contribution in [0.5, 0.6) is 0 Å². The molecule has 3 nitrogen and oxygen atoms in total. The molecule has 0 aromatic heterocycles. The maximum absolute atomic E-state index is 11.1. The van der Waals surface area contributed by atoms with Crippen molar-refractivity contribution < 1.29 is 9.53 Å². The van der Waals surface area contributed by atoms with Crippen molar-refractivity contribution in [2.75, 3.05) is 6.61 Å². The summed E-state index contributed by atoms with van der Waals surface area (Å²) in [4.78, 5) is 11.1. The van der Waals surface area contributed by atoms with Crippen LogP contribution in [0.1, 0.15) is 26.7 Å². The summed E-state index contributed by atoms with van der Waals surface area (Å²) in [5.41, 5.74) is 4.99. The van der Waals surface area contributed by atoms with Crippen LogP contribution < -0.4 is 5.73 Å². The Labute approximate surface area is 66.9 Å². The van der Waals surface area contributed by atoms with E-state index in [0.717, 1.165) is 12.8 Å². The van der Waals surface area contributed by atoms with Crippen LogP contribution in [0.25, 0.3) is 0 Å². The molecule has 0 heterocycles. The van der Waals surface area contributed by atoms with Gasteiger partial charge in [-0.25, -0.2) is 0 Å². The first-order chi connectivity index (χ1) is 5.04. The van der Waals surface area contributed by atoms with E-state index in [1.165, 1.54) is 0 Å². The Kier molecular flexibility index (Phi) is 2.18. The summed E-state index contributed by atoms with van der Waals surface area (Å²) in [5, 5.41) is 0. The molecule has 64 valence electrons. The van der Waals surface area contributed by atoms with Gasteiger partial charge in [0.15, 0.2) is 0 Å². The van der Waals surface area contributed by atoms with E-state index in [9.17, 15) is 4.79 Å². The standard InChI is InChI=1S/C8H15NO2/c1-6(2)5-11-7(10)8(9)3-4-8/h6H,3-5,9H2,1-2H3. The Morgan fingerprint density at radius 3 is 2.55 bits per heavy atom. The number of ether oxygens (including phenoxy) is 1. The van der Waals surface area contributed by atoms with E-state index in [1.807, 2.05) is 13.8 Å². The van der Waals surface area contributed by atoms with Crippen LogP contribution in [0.4, 0.5) is 0 Å². The van der Waals surface area contributed by atoms with E-state index in [1.54, 1.807) is 0 Å². The molecule has 3 heteroatoms. The molecule has 2 N–H and O–H groups in total. The smallest absolute Gasteiger partial charge is 0.326 e. The molecule has 0 amide bonds. The Morgan fingerprint density at radius 2 is 2.18 bits per heavy atom. The number of esters is 1. The Hall–Kier alpha value is -0.570. The highest BCUT2D eigenvalue weighted by molar-refractivity contribution is 5.83. The molecule has 0 saturated heterocycles. The highest BCUT2D eigenvalue weighted by Gasteiger charge is 2.47. The van der Waals surface area contributed by atoms with Gasteiger partial charge in [0.25, 0.3) is 0 Å². The van der Waals surface area contributed by atoms with Crippen molar-refractivity contribution in [2.24, 2.45) is 11.7 Å². The minimum absolute atomic E-state index is 0.230. The van der Waals surface area contributed by atoms with Gasteiger partial charge >= 0.3 is 5.97 Å². The van der Waals surface area contributed by atoms with E-state index in [4.69, 9.17) is 10.5 Å². The zero-order valence-corrected chi connectivity index (χ0v) is 7.09. The van der Waals surface area contributed by atoms with Crippen molar-refractivity contribution >= 4 is 5.97 Å². The summed E-state index contributed by atoms with van der Waals surface area (Å²) in [5.74, 6) is 0.160. The number of hydrogen-bond acceptors (Lipinski definition) is 3. The average Bonchev–Trinajstić information content (AvgIpc) is 2.64. The molecule has 1 aliphatic rings. The predicted octanol–water partition coefficient (Wildman–Crippen LogP) is 0.677. The van der Waals surface area contributed by atoms with Crippen LogP contribution in [0, 0.1) is 5.92 Å². The topological polar surface area (TPSA) is 52.3 Å². The second kappa shape index (κ2) is 2.81. The Balaban J connectivity index is 2.22. The molecule has 11 heavy (non-hydrogen) atoms. The number of carbonyl (C=O) groups excluding carboxylic acids is 1. The normalized spacial score (nSPS) is 20.0. The molecule has 0 unspecified atom stereocenters. The van der Waals surface area contributed by atoms with Gasteiger partial charge in [0.2, 0.25) is 0 Å². The van der Waals surface area contributed by atoms with Crippen LogP contribution in [0.2, 0.25) is 0 Å². The zero-order chi connectivity index (χ0) is 8.48. The number of rotatable bonds is 3. The summed E-state index contributed by atoms with van der Waals surface area (Å²) >= 11 is 0. The zero-order valence-electron chi connectivity index (χ0n) is 7.09. The highest BCUT2D eigenvalue weighted by Crippen LogP contribution is 2.33. The summed E-state index contributed by atoms with van der Waals surface area (Å²) in [6, 6.07) is 0. The lowest BCUT2D eigenvalue weighted by atomic mass is 10.2. The largest absolute Gasteiger partial charge is 0.464 e. The molecule has 0 aromatic carbocycles. The van der Waals surface area contributed by atoms with Gasteiger partial charge in [-0.3, -0.25) is 4.79 Å². The van der Waals surface area contributed by atoms with Gasteiger partial charge in [-0.15, -0.1) is 0 Å². The molecule has 1 saturated carbocycles. The summed E-state index contributed by atoms with van der Waals surface area (Å²) in [7, 11) is 0. The third-order valence-electron chi connectivity index (χ3n) is 1.74. The van der Waals surface area contributed by atoms with Crippen molar-refractivity contribution in [1.82, 2.24) is 0 Å².